The van der Waals surface area contributed by atoms with E-state index in [1.165, 1.54) is 19.0 Å². The highest BCUT2D eigenvalue weighted by Gasteiger charge is 2.35. The average molecular weight is 461 g/mol. The Hall–Kier alpha value is -1.42. The molecule has 0 saturated heterocycles. The van der Waals surface area contributed by atoms with Crippen LogP contribution in [0.4, 0.5) is 26.3 Å². The molecule has 0 aromatic carbocycles. The largest absolute Gasteiger partial charge is 1.00 e. The maximum absolute atomic E-state index is 12.3. The zero-order valence-corrected chi connectivity index (χ0v) is 18.6. The highest BCUT2D eigenvalue weighted by molar-refractivity contribution is 5.76. The summed E-state index contributed by atoms with van der Waals surface area (Å²) >= 11 is 0. The summed E-state index contributed by atoms with van der Waals surface area (Å²) < 4.78 is 76.5. The van der Waals surface area contributed by atoms with Crippen LogP contribution in [0.25, 0.3) is 0 Å². The van der Waals surface area contributed by atoms with Gasteiger partial charge in [0.1, 0.15) is 39.3 Å². The van der Waals surface area contributed by atoms with Crippen LogP contribution in [-0.2, 0) is 0 Å². The van der Waals surface area contributed by atoms with Gasteiger partial charge in [0.2, 0.25) is 0 Å². The third-order valence-corrected chi connectivity index (χ3v) is 2.24. The molecule has 0 aliphatic rings. The first-order valence-corrected chi connectivity index (χ1v) is 7.40. The summed E-state index contributed by atoms with van der Waals surface area (Å²) in [4.78, 5) is 2.73. The minimum atomic E-state index is -4.30. The molecule has 0 rings (SSSR count). The molecule has 0 unspecified atom stereocenters. The summed E-state index contributed by atoms with van der Waals surface area (Å²) in [6, 6.07) is 0. The van der Waals surface area contributed by atoms with Crippen LogP contribution in [0.1, 0.15) is 0 Å². The standard InChI is InChI=1S/2C8H14F3N2.2ClH/c2*1-12(2)5-7(6-13(3)4)8(9,10)11;;/h2*5-6H,1-4H3;2*1H/q2*+1;;/p-2. The van der Waals surface area contributed by atoms with Gasteiger partial charge in [0, 0.05) is 40.6 Å². The van der Waals surface area contributed by atoms with Gasteiger partial charge in [-0.2, -0.15) is 26.3 Å². The van der Waals surface area contributed by atoms with Gasteiger partial charge < -0.3 is 34.6 Å². The molecule has 0 bridgehead atoms. The summed E-state index contributed by atoms with van der Waals surface area (Å²) in [6.07, 6.45) is -4.43. The Balaban J connectivity index is -0.000000192. The second-order valence-electron chi connectivity index (χ2n) is 6.28. The molecule has 0 aromatic rings. The van der Waals surface area contributed by atoms with Crippen LogP contribution in [0.15, 0.2) is 23.5 Å². The van der Waals surface area contributed by atoms with Gasteiger partial charge in [0.05, 0.1) is 0 Å². The van der Waals surface area contributed by atoms with E-state index in [9.17, 15) is 26.3 Å². The van der Waals surface area contributed by atoms with Crippen molar-refractivity contribution in [2.24, 2.45) is 0 Å². The Bertz CT molecular complexity index is 504. The van der Waals surface area contributed by atoms with Crippen LogP contribution in [0.2, 0.25) is 0 Å². The number of hydrogen-bond acceptors (Lipinski definition) is 2. The van der Waals surface area contributed by atoms with Gasteiger partial charge >= 0.3 is 12.4 Å². The van der Waals surface area contributed by atoms with E-state index >= 15 is 0 Å². The lowest BCUT2D eigenvalue weighted by Gasteiger charge is -2.10. The van der Waals surface area contributed by atoms with E-state index in [2.05, 4.69) is 0 Å². The van der Waals surface area contributed by atoms with Crippen LogP contribution >= 0.6 is 0 Å². The number of alkyl halides is 6. The van der Waals surface area contributed by atoms with E-state index in [0.29, 0.717) is 0 Å². The van der Waals surface area contributed by atoms with Crippen LogP contribution in [0.5, 0.6) is 0 Å². The van der Waals surface area contributed by atoms with Gasteiger partial charge in [0.15, 0.2) is 12.4 Å². The zero-order valence-electron chi connectivity index (χ0n) is 17.1. The van der Waals surface area contributed by atoms with E-state index in [0.717, 1.165) is 24.8 Å². The van der Waals surface area contributed by atoms with Crippen molar-refractivity contribution in [2.75, 3.05) is 56.4 Å². The first kappa shape index (κ1) is 34.1. The molecule has 0 fully saturated rings. The quantitative estimate of drug-likeness (QED) is 0.247. The minimum Gasteiger partial charge on any atom is -1.00 e. The molecular weight excluding hydrogens is 433 g/mol. The number of nitrogens with zero attached hydrogens (tertiary/aromatic N) is 4. The smallest absolute Gasteiger partial charge is 0.423 e. The van der Waals surface area contributed by atoms with Crippen LogP contribution < -0.4 is 24.8 Å². The fraction of sp³-hybridized carbons (Fsp3) is 0.625. The van der Waals surface area contributed by atoms with Gasteiger partial charge in [-0.3, -0.25) is 0 Å². The van der Waals surface area contributed by atoms with Crippen molar-refractivity contribution in [2.45, 2.75) is 12.4 Å². The number of allylic oxidation sites excluding steroid dienone is 2. The van der Waals surface area contributed by atoms with Gasteiger partial charge in [0.25, 0.3) is 0 Å². The lowest BCUT2D eigenvalue weighted by molar-refractivity contribution is -0.459. The topological polar surface area (TPSA) is 12.5 Å². The Labute approximate surface area is 175 Å². The van der Waals surface area contributed by atoms with Crippen molar-refractivity contribution in [3.05, 3.63) is 23.5 Å². The number of halogens is 8. The summed E-state index contributed by atoms with van der Waals surface area (Å²) in [5.41, 5.74) is -1.33. The summed E-state index contributed by atoms with van der Waals surface area (Å²) in [5.74, 6) is 0. The van der Waals surface area contributed by atoms with Crippen LogP contribution in [0.3, 0.4) is 0 Å². The second kappa shape index (κ2) is 14.6. The summed E-state index contributed by atoms with van der Waals surface area (Å²) in [7, 11) is 12.4. The van der Waals surface area contributed by atoms with E-state index < -0.39 is 23.5 Å². The maximum atomic E-state index is 12.3. The molecule has 0 amide bonds. The van der Waals surface area contributed by atoms with Gasteiger partial charge in [-0.1, -0.05) is 0 Å². The van der Waals surface area contributed by atoms with Crippen molar-refractivity contribution in [1.82, 2.24) is 9.80 Å². The maximum Gasteiger partial charge on any atom is 0.423 e. The monoisotopic (exact) mass is 460 g/mol. The van der Waals surface area contributed by atoms with Gasteiger partial charge in [-0.15, -0.1) is 0 Å². The number of rotatable bonds is 4. The Morgan fingerprint density at radius 2 is 0.821 bits per heavy atom. The molecule has 0 N–H and O–H groups in total. The third kappa shape index (κ3) is 19.3. The highest BCUT2D eigenvalue weighted by Crippen LogP contribution is 2.24. The van der Waals surface area contributed by atoms with Gasteiger partial charge in [-0.25, -0.2) is 9.15 Å². The fourth-order valence-electron chi connectivity index (χ4n) is 1.47. The number of hydrogen-bond donors (Lipinski definition) is 0. The molecule has 0 radical (unpaired) electrons. The second-order valence-corrected chi connectivity index (χ2v) is 6.28. The van der Waals surface area contributed by atoms with E-state index in [4.69, 9.17) is 0 Å². The Morgan fingerprint density at radius 1 is 0.607 bits per heavy atom. The fourth-order valence-corrected chi connectivity index (χ4v) is 1.47. The predicted molar refractivity (Wildman–Crippen MR) is 92.0 cm³/mol. The lowest BCUT2D eigenvalue weighted by atomic mass is 10.3. The van der Waals surface area contributed by atoms with Crippen molar-refractivity contribution in [1.29, 1.82) is 0 Å². The Morgan fingerprint density at radius 3 is 0.929 bits per heavy atom. The van der Waals surface area contributed by atoms with Gasteiger partial charge in [-0.05, 0) is 0 Å². The molecule has 4 nitrogen and oxygen atoms in total. The first-order chi connectivity index (χ1) is 11.5. The van der Waals surface area contributed by atoms with Crippen molar-refractivity contribution in [3.8, 4) is 0 Å². The molecule has 168 valence electrons. The molecule has 28 heavy (non-hydrogen) atoms. The van der Waals surface area contributed by atoms with E-state index in [-0.39, 0.29) is 24.8 Å². The zero-order chi connectivity index (χ0) is 21.3. The molecule has 0 spiro atoms. The molecule has 0 aliphatic heterocycles. The Kier molecular flexibility index (Phi) is 17.7. The summed E-state index contributed by atoms with van der Waals surface area (Å²) in [5, 5.41) is 0. The van der Waals surface area contributed by atoms with Crippen molar-refractivity contribution >= 4 is 12.4 Å². The first-order valence-electron chi connectivity index (χ1n) is 7.40. The molecule has 12 heteroatoms. The van der Waals surface area contributed by atoms with Crippen molar-refractivity contribution in [3.63, 3.8) is 0 Å². The normalized spacial score (nSPS) is 11.8. The van der Waals surface area contributed by atoms with Crippen LogP contribution in [-0.4, -0.2) is 100 Å². The average Bonchev–Trinajstić information content (AvgIpc) is 2.33. The third-order valence-electron chi connectivity index (χ3n) is 2.24. The molecule has 0 atom stereocenters. The minimum absolute atomic E-state index is 0. The molecule has 0 aromatic heterocycles. The lowest BCUT2D eigenvalue weighted by Crippen LogP contribution is -3.00. The van der Waals surface area contributed by atoms with Crippen molar-refractivity contribution < 1.29 is 60.3 Å². The summed E-state index contributed by atoms with van der Waals surface area (Å²) in [6.45, 7) is 0. The predicted octanol–water partition coefficient (Wildman–Crippen LogP) is -3.32. The van der Waals surface area contributed by atoms with Crippen LogP contribution in [0, 0.1) is 0 Å². The van der Waals surface area contributed by atoms with E-state index in [1.54, 1.807) is 56.4 Å². The molecular formula is C16H28Cl2F6N4. The van der Waals surface area contributed by atoms with E-state index in [1.807, 2.05) is 0 Å². The molecule has 0 saturated carbocycles. The SMILES string of the molecule is CN(C)C=C(C=[N+](C)C)C(F)(F)F.CN(C)C=C(C=[N+](C)C)C(F)(F)F.[Cl-].[Cl-]. The molecule has 0 aliphatic carbocycles. The highest BCUT2D eigenvalue weighted by atomic mass is 35.5. The molecule has 0 heterocycles.